The van der Waals surface area contributed by atoms with E-state index < -0.39 is 0 Å². The topological polar surface area (TPSA) is 23.6 Å². The molecule has 2 aliphatic rings. The number of amides is 1. The van der Waals surface area contributed by atoms with Gasteiger partial charge in [-0.3, -0.25) is 4.79 Å². The van der Waals surface area contributed by atoms with Crippen molar-refractivity contribution in [3.8, 4) is 0 Å². The monoisotopic (exact) mass is 278 g/mol. The third kappa shape index (κ3) is 3.85. The zero-order valence-electron chi connectivity index (χ0n) is 13.6. The fourth-order valence-corrected chi connectivity index (χ4v) is 3.82. The highest BCUT2D eigenvalue weighted by molar-refractivity contribution is 5.73. The summed E-state index contributed by atoms with van der Waals surface area (Å²) in [6.07, 6.45) is 6.17. The van der Waals surface area contributed by atoms with E-state index in [0.717, 1.165) is 31.5 Å². The molecule has 20 heavy (non-hydrogen) atoms. The predicted molar refractivity (Wildman–Crippen MR) is 83.5 cm³/mol. The van der Waals surface area contributed by atoms with Crippen LogP contribution in [0.25, 0.3) is 0 Å². The minimum absolute atomic E-state index is 0.231. The lowest BCUT2D eigenvalue weighted by molar-refractivity contribution is -0.127. The predicted octanol–water partition coefficient (Wildman–Crippen LogP) is 2.78. The lowest BCUT2D eigenvalue weighted by Gasteiger charge is -2.33. The zero-order chi connectivity index (χ0) is 14.7. The zero-order valence-corrected chi connectivity index (χ0v) is 13.6. The molecule has 1 aliphatic heterocycles. The maximum Gasteiger partial charge on any atom is 0.219 e. The summed E-state index contributed by atoms with van der Waals surface area (Å²) in [5.41, 5.74) is 1.58. The molecule has 3 heteroatoms. The highest BCUT2D eigenvalue weighted by Gasteiger charge is 2.27. The Hall–Kier alpha value is -0.830. The van der Waals surface area contributed by atoms with Gasteiger partial charge in [-0.15, -0.1) is 0 Å². The molecule has 1 saturated heterocycles. The second kappa shape index (κ2) is 6.75. The standard InChI is InChI=1S/C17H30N2O/c1-13-6-5-7-14(2)17(13)12-18(4)10-16-8-9-19(11-16)15(3)20/h6,14,16-17H,5,7-12H2,1-4H3/t14-,16+,17+/m0/s1. The van der Waals surface area contributed by atoms with Crippen LogP contribution in [0.2, 0.25) is 0 Å². The third-order valence-electron chi connectivity index (χ3n) is 5.17. The first kappa shape index (κ1) is 15.6. The Balaban J connectivity index is 1.81. The first-order valence-corrected chi connectivity index (χ1v) is 8.08. The van der Waals surface area contributed by atoms with Gasteiger partial charge in [0.1, 0.15) is 0 Å². The Morgan fingerprint density at radius 1 is 1.40 bits per heavy atom. The van der Waals surface area contributed by atoms with Crippen LogP contribution >= 0.6 is 0 Å². The van der Waals surface area contributed by atoms with Gasteiger partial charge in [-0.2, -0.15) is 0 Å². The van der Waals surface area contributed by atoms with E-state index in [4.69, 9.17) is 0 Å². The van der Waals surface area contributed by atoms with Crippen molar-refractivity contribution < 1.29 is 4.79 Å². The molecule has 0 bridgehead atoms. The quantitative estimate of drug-likeness (QED) is 0.738. The van der Waals surface area contributed by atoms with Crippen LogP contribution in [0, 0.1) is 17.8 Å². The van der Waals surface area contributed by atoms with Crippen molar-refractivity contribution in [1.29, 1.82) is 0 Å². The fraction of sp³-hybridized carbons (Fsp3) is 0.824. The van der Waals surface area contributed by atoms with Crippen LogP contribution in [-0.2, 0) is 4.79 Å². The van der Waals surface area contributed by atoms with E-state index in [1.165, 1.54) is 25.8 Å². The Labute approximate surface area is 124 Å². The summed E-state index contributed by atoms with van der Waals surface area (Å²) in [5, 5.41) is 0. The van der Waals surface area contributed by atoms with Gasteiger partial charge in [-0.1, -0.05) is 18.6 Å². The number of nitrogens with zero attached hydrogens (tertiary/aromatic N) is 2. The number of rotatable bonds is 4. The van der Waals surface area contributed by atoms with Crippen LogP contribution in [0.15, 0.2) is 11.6 Å². The first-order chi connectivity index (χ1) is 9.47. The molecule has 0 aromatic carbocycles. The molecule has 0 N–H and O–H groups in total. The number of allylic oxidation sites excluding steroid dienone is 1. The van der Waals surface area contributed by atoms with Gasteiger partial charge >= 0.3 is 0 Å². The van der Waals surface area contributed by atoms with Gasteiger partial charge in [0.05, 0.1) is 0 Å². The van der Waals surface area contributed by atoms with Crippen molar-refractivity contribution in [2.24, 2.45) is 17.8 Å². The summed E-state index contributed by atoms with van der Waals surface area (Å²) in [6.45, 7) is 10.6. The van der Waals surface area contributed by atoms with Crippen LogP contribution < -0.4 is 0 Å². The lowest BCUT2D eigenvalue weighted by atomic mass is 9.80. The van der Waals surface area contributed by atoms with Crippen molar-refractivity contribution in [2.45, 2.75) is 40.0 Å². The molecule has 0 spiro atoms. The van der Waals surface area contributed by atoms with E-state index in [9.17, 15) is 4.79 Å². The number of carbonyl (C=O) groups excluding carboxylic acids is 1. The van der Waals surface area contributed by atoms with Crippen LogP contribution in [0.5, 0.6) is 0 Å². The Morgan fingerprint density at radius 2 is 2.15 bits per heavy atom. The molecule has 1 fully saturated rings. The Bertz CT molecular complexity index is 377. The van der Waals surface area contributed by atoms with Gasteiger partial charge in [0.15, 0.2) is 0 Å². The third-order valence-corrected chi connectivity index (χ3v) is 5.17. The molecule has 0 aromatic heterocycles. The molecule has 0 unspecified atom stereocenters. The van der Waals surface area contributed by atoms with Crippen molar-refractivity contribution in [2.75, 3.05) is 33.2 Å². The second-order valence-electron chi connectivity index (χ2n) is 6.95. The molecule has 1 heterocycles. The van der Waals surface area contributed by atoms with Gasteiger partial charge in [0, 0.05) is 33.1 Å². The van der Waals surface area contributed by atoms with Crippen LogP contribution in [0.4, 0.5) is 0 Å². The molecule has 0 saturated carbocycles. The van der Waals surface area contributed by atoms with Gasteiger partial charge < -0.3 is 9.80 Å². The molecule has 3 atom stereocenters. The minimum atomic E-state index is 0.231. The van der Waals surface area contributed by atoms with Crippen LogP contribution in [0.1, 0.15) is 40.0 Å². The van der Waals surface area contributed by atoms with E-state index in [2.05, 4.69) is 31.9 Å². The Kier molecular flexibility index (Phi) is 5.25. The van der Waals surface area contributed by atoms with Gasteiger partial charge in [0.2, 0.25) is 5.91 Å². The highest BCUT2D eigenvalue weighted by Crippen LogP contribution is 2.30. The molecular formula is C17H30N2O. The minimum Gasteiger partial charge on any atom is -0.343 e. The van der Waals surface area contributed by atoms with E-state index in [1.807, 2.05) is 4.90 Å². The van der Waals surface area contributed by atoms with E-state index in [0.29, 0.717) is 5.92 Å². The van der Waals surface area contributed by atoms with Crippen molar-refractivity contribution in [3.05, 3.63) is 11.6 Å². The van der Waals surface area contributed by atoms with Gasteiger partial charge in [-0.05, 0) is 51.0 Å². The summed E-state index contributed by atoms with van der Waals surface area (Å²) in [4.78, 5) is 15.9. The van der Waals surface area contributed by atoms with Crippen molar-refractivity contribution in [3.63, 3.8) is 0 Å². The number of carbonyl (C=O) groups is 1. The SMILES string of the molecule is CC(=O)N1CC[C@H](CN(C)C[C@@H]2C(C)=CCC[C@@H]2C)C1. The number of hydrogen-bond donors (Lipinski definition) is 0. The molecule has 3 nitrogen and oxygen atoms in total. The number of hydrogen-bond acceptors (Lipinski definition) is 2. The molecule has 0 radical (unpaired) electrons. The molecule has 1 amide bonds. The summed E-state index contributed by atoms with van der Waals surface area (Å²) >= 11 is 0. The molecule has 0 aromatic rings. The maximum atomic E-state index is 11.4. The average molecular weight is 278 g/mol. The van der Waals surface area contributed by atoms with Crippen LogP contribution in [-0.4, -0.2) is 48.9 Å². The highest BCUT2D eigenvalue weighted by atomic mass is 16.2. The summed E-state index contributed by atoms with van der Waals surface area (Å²) in [6, 6.07) is 0. The average Bonchev–Trinajstić information content (AvgIpc) is 2.82. The first-order valence-electron chi connectivity index (χ1n) is 8.08. The van der Waals surface area contributed by atoms with Crippen LogP contribution in [0.3, 0.4) is 0 Å². The largest absolute Gasteiger partial charge is 0.343 e. The van der Waals surface area contributed by atoms with E-state index in [1.54, 1.807) is 12.5 Å². The van der Waals surface area contributed by atoms with E-state index in [-0.39, 0.29) is 5.91 Å². The van der Waals surface area contributed by atoms with Crippen molar-refractivity contribution >= 4 is 5.91 Å². The maximum absolute atomic E-state index is 11.4. The fourth-order valence-electron chi connectivity index (χ4n) is 3.82. The van der Waals surface area contributed by atoms with Crippen molar-refractivity contribution in [1.82, 2.24) is 9.80 Å². The molecular weight excluding hydrogens is 248 g/mol. The summed E-state index contributed by atoms with van der Waals surface area (Å²) in [5.74, 6) is 2.42. The smallest absolute Gasteiger partial charge is 0.219 e. The molecule has 114 valence electrons. The second-order valence-corrected chi connectivity index (χ2v) is 6.95. The Morgan fingerprint density at radius 3 is 2.75 bits per heavy atom. The number of likely N-dealkylation sites (tertiary alicyclic amines) is 1. The molecule has 1 aliphatic carbocycles. The summed E-state index contributed by atoms with van der Waals surface area (Å²) < 4.78 is 0. The van der Waals surface area contributed by atoms with Gasteiger partial charge in [-0.25, -0.2) is 0 Å². The lowest BCUT2D eigenvalue weighted by Crippen LogP contribution is -2.35. The molecule has 2 rings (SSSR count). The van der Waals surface area contributed by atoms with E-state index >= 15 is 0 Å². The summed E-state index contributed by atoms with van der Waals surface area (Å²) in [7, 11) is 2.24. The normalized spacial score (nSPS) is 30.8. The van der Waals surface area contributed by atoms with Gasteiger partial charge in [0.25, 0.3) is 0 Å².